The van der Waals surface area contributed by atoms with Crippen molar-refractivity contribution in [3.63, 3.8) is 0 Å². The number of anilines is 1. The van der Waals surface area contributed by atoms with E-state index in [-0.39, 0.29) is 24.4 Å². The van der Waals surface area contributed by atoms with Crippen LogP contribution in [0.15, 0.2) is 49.2 Å². The van der Waals surface area contributed by atoms with Gasteiger partial charge in [0.05, 0.1) is 18.2 Å². The van der Waals surface area contributed by atoms with Crippen molar-refractivity contribution >= 4 is 29.4 Å². The van der Waals surface area contributed by atoms with Crippen molar-refractivity contribution in [2.24, 2.45) is 0 Å². The molecule has 3 amide bonds. The first kappa shape index (κ1) is 27.2. The number of imidazole rings is 1. The number of urea groups is 1. The Morgan fingerprint density at radius 3 is 2.76 bits per heavy atom. The number of rotatable bonds is 10. The number of nitrogens with one attached hydrogen (secondary N) is 2. The van der Waals surface area contributed by atoms with E-state index in [1.165, 1.54) is 0 Å². The molecule has 0 saturated carbocycles. The minimum absolute atomic E-state index is 0.0979. The van der Waals surface area contributed by atoms with Gasteiger partial charge in [0.2, 0.25) is 11.9 Å². The lowest BCUT2D eigenvalue weighted by molar-refractivity contribution is -0.121. The van der Waals surface area contributed by atoms with Crippen LogP contribution < -0.4 is 20.3 Å². The molecule has 1 aliphatic rings. The highest BCUT2D eigenvalue weighted by molar-refractivity contribution is 6.32. The molecule has 0 bridgehead atoms. The van der Waals surface area contributed by atoms with E-state index in [1.54, 1.807) is 41.5 Å². The van der Waals surface area contributed by atoms with Crippen LogP contribution in [0.25, 0.3) is 5.95 Å². The summed E-state index contributed by atoms with van der Waals surface area (Å²) in [5, 5.41) is 6.48. The monoisotopic (exact) mass is 540 g/mol. The number of amides is 3. The smallest absolute Gasteiger partial charge is 0.317 e. The van der Waals surface area contributed by atoms with E-state index >= 15 is 0 Å². The van der Waals surface area contributed by atoms with Crippen LogP contribution in [0.1, 0.15) is 25.3 Å². The van der Waals surface area contributed by atoms with Gasteiger partial charge in [0, 0.05) is 57.7 Å². The van der Waals surface area contributed by atoms with Gasteiger partial charge >= 0.3 is 6.03 Å². The molecule has 202 valence electrons. The van der Waals surface area contributed by atoms with Gasteiger partial charge in [-0.15, -0.1) is 0 Å². The van der Waals surface area contributed by atoms with Crippen molar-refractivity contribution in [1.29, 1.82) is 0 Å². The molecule has 0 radical (unpaired) electrons. The molecule has 1 unspecified atom stereocenters. The van der Waals surface area contributed by atoms with Gasteiger partial charge in [0.1, 0.15) is 17.9 Å². The second-order valence-electron chi connectivity index (χ2n) is 8.98. The molecule has 3 heterocycles. The highest BCUT2D eigenvalue weighted by atomic mass is 35.5. The molecular formula is C26H33ClN8O3. The van der Waals surface area contributed by atoms with Gasteiger partial charge < -0.3 is 25.2 Å². The predicted molar refractivity (Wildman–Crippen MR) is 145 cm³/mol. The molecule has 1 saturated heterocycles. The average molecular weight is 541 g/mol. The van der Waals surface area contributed by atoms with Gasteiger partial charge in [-0.05, 0) is 36.6 Å². The number of methoxy groups -OCH3 is 1. The lowest BCUT2D eigenvalue weighted by Gasteiger charge is -2.41. The van der Waals surface area contributed by atoms with Crippen molar-refractivity contribution in [3.8, 4) is 11.7 Å². The Hall–Kier alpha value is -3.86. The van der Waals surface area contributed by atoms with E-state index in [4.69, 9.17) is 21.3 Å². The molecule has 0 aliphatic carbocycles. The summed E-state index contributed by atoms with van der Waals surface area (Å²) in [7, 11) is 1.57. The fourth-order valence-electron chi connectivity index (χ4n) is 4.36. The Labute approximate surface area is 227 Å². The summed E-state index contributed by atoms with van der Waals surface area (Å²) in [6, 6.07) is 7.05. The highest BCUT2D eigenvalue weighted by Gasteiger charge is 2.32. The average Bonchev–Trinajstić information content (AvgIpc) is 3.47. The summed E-state index contributed by atoms with van der Waals surface area (Å²) in [5.74, 6) is 1.71. The number of carbonyl (C=O) groups excluding carboxylic acids is 2. The largest absolute Gasteiger partial charge is 0.495 e. The highest BCUT2D eigenvalue weighted by Crippen LogP contribution is 2.25. The van der Waals surface area contributed by atoms with Gasteiger partial charge in [-0.3, -0.25) is 9.36 Å². The third kappa shape index (κ3) is 6.91. The summed E-state index contributed by atoms with van der Waals surface area (Å²) in [6.07, 6.45) is 8.47. The number of ether oxygens (including phenoxy) is 1. The van der Waals surface area contributed by atoms with Crippen LogP contribution in [0.4, 0.5) is 10.6 Å². The Morgan fingerprint density at radius 1 is 1.16 bits per heavy atom. The van der Waals surface area contributed by atoms with E-state index in [0.717, 1.165) is 12.0 Å². The second kappa shape index (κ2) is 13.1. The molecular weight excluding hydrogens is 508 g/mol. The van der Waals surface area contributed by atoms with Crippen LogP contribution >= 0.6 is 11.6 Å². The summed E-state index contributed by atoms with van der Waals surface area (Å²) in [5.41, 5.74) is 1.00. The molecule has 2 N–H and O–H groups in total. The van der Waals surface area contributed by atoms with Gasteiger partial charge in [-0.25, -0.2) is 14.8 Å². The van der Waals surface area contributed by atoms with Crippen LogP contribution in [0, 0.1) is 0 Å². The number of piperazine rings is 1. The van der Waals surface area contributed by atoms with Crippen LogP contribution in [0.3, 0.4) is 0 Å². The molecule has 4 rings (SSSR count). The maximum Gasteiger partial charge on any atom is 0.317 e. The quantitative estimate of drug-likeness (QED) is 0.406. The SMILES string of the molecule is CCCNC(=O)N1CCN(c2ccnc(-n3ccnc3)n2)C(CC(=O)NCCc2ccc(OC)c(Cl)c2)C1. The van der Waals surface area contributed by atoms with E-state index < -0.39 is 0 Å². The number of aromatic nitrogens is 4. The Kier molecular flexibility index (Phi) is 9.36. The van der Waals surface area contributed by atoms with Crippen molar-refractivity contribution in [2.75, 3.05) is 44.7 Å². The van der Waals surface area contributed by atoms with Crippen molar-refractivity contribution in [2.45, 2.75) is 32.2 Å². The van der Waals surface area contributed by atoms with Crippen LogP contribution in [-0.4, -0.2) is 82.2 Å². The van der Waals surface area contributed by atoms with Crippen molar-refractivity contribution < 1.29 is 14.3 Å². The number of benzene rings is 1. The minimum atomic E-state index is -0.253. The first-order valence-electron chi connectivity index (χ1n) is 12.7. The minimum Gasteiger partial charge on any atom is -0.495 e. The second-order valence-corrected chi connectivity index (χ2v) is 9.39. The van der Waals surface area contributed by atoms with Crippen LogP contribution in [0.2, 0.25) is 5.02 Å². The van der Waals surface area contributed by atoms with Gasteiger partial charge in [-0.1, -0.05) is 24.6 Å². The normalized spacial score (nSPS) is 15.3. The number of hydrogen-bond donors (Lipinski definition) is 2. The number of hydrogen-bond acceptors (Lipinski definition) is 7. The molecule has 1 fully saturated rings. The number of halogens is 1. The standard InChI is InChI=1S/C26H33ClN8O3/c1-3-8-31-26(37)33-13-14-35(23-7-10-30-25(32-23)34-12-11-28-18-34)20(17-33)16-24(36)29-9-6-19-4-5-22(38-2)21(27)15-19/h4-5,7,10-12,15,18,20H,3,6,8-9,13-14,16-17H2,1-2H3,(H,29,36)(H,31,37). The van der Waals surface area contributed by atoms with E-state index in [1.807, 2.05) is 31.2 Å². The van der Waals surface area contributed by atoms with Crippen molar-refractivity contribution in [1.82, 2.24) is 35.1 Å². The lowest BCUT2D eigenvalue weighted by Crippen LogP contribution is -2.58. The molecule has 2 aromatic heterocycles. The van der Waals surface area contributed by atoms with Gasteiger partial charge in [0.25, 0.3) is 0 Å². The first-order valence-corrected chi connectivity index (χ1v) is 13.1. The van der Waals surface area contributed by atoms with Gasteiger partial charge in [0.15, 0.2) is 0 Å². The molecule has 38 heavy (non-hydrogen) atoms. The molecule has 12 heteroatoms. The zero-order valence-electron chi connectivity index (χ0n) is 21.6. The number of carbonyl (C=O) groups is 2. The molecule has 3 aromatic rings. The molecule has 1 aliphatic heterocycles. The predicted octanol–water partition coefficient (Wildman–Crippen LogP) is 2.68. The Balaban J connectivity index is 1.43. The lowest BCUT2D eigenvalue weighted by atomic mass is 10.1. The summed E-state index contributed by atoms with van der Waals surface area (Å²) in [6.45, 7) is 4.56. The first-order chi connectivity index (χ1) is 18.5. The maximum absolute atomic E-state index is 13.0. The summed E-state index contributed by atoms with van der Waals surface area (Å²) >= 11 is 6.22. The molecule has 1 aromatic carbocycles. The Bertz CT molecular complexity index is 1220. The number of nitrogens with zero attached hydrogens (tertiary/aromatic N) is 6. The van der Waals surface area contributed by atoms with Crippen molar-refractivity contribution in [3.05, 3.63) is 59.8 Å². The fourth-order valence-corrected chi connectivity index (χ4v) is 4.64. The summed E-state index contributed by atoms with van der Waals surface area (Å²) < 4.78 is 6.92. The summed E-state index contributed by atoms with van der Waals surface area (Å²) in [4.78, 5) is 42.6. The Morgan fingerprint density at radius 2 is 2.03 bits per heavy atom. The topological polar surface area (TPSA) is 118 Å². The fraction of sp³-hybridized carbons (Fsp3) is 0.423. The van der Waals surface area contributed by atoms with Crippen LogP contribution in [-0.2, 0) is 11.2 Å². The molecule has 11 nitrogen and oxygen atoms in total. The zero-order valence-corrected chi connectivity index (χ0v) is 22.4. The third-order valence-electron chi connectivity index (χ3n) is 6.33. The maximum atomic E-state index is 13.0. The van der Waals surface area contributed by atoms with E-state index in [0.29, 0.717) is 61.7 Å². The van der Waals surface area contributed by atoms with Crippen LogP contribution in [0.5, 0.6) is 5.75 Å². The zero-order chi connectivity index (χ0) is 26.9. The van der Waals surface area contributed by atoms with Gasteiger partial charge in [-0.2, -0.15) is 4.98 Å². The van der Waals surface area contributed by atoms with E-state index in [2.05, 4.69) is 25.5 Å². The molecule has 1 atom stereocenters. The third-order valence-corrected chi connectivity index (χ3v) is 6.62. The van der Waals surface area contributed by atoms with E-state index in [9.17, 15) is 9.59 Å². The molecule has 0 spiro atoms.